The van der Waals surface area contributed by atoms with Crippen LogP contribution >= 0.6 is 0 Å². The molecule has 0 radical (unpaired) electrons. The Morgan fingerprint density at radius 1 is 1.25 bits per heavy atom. The number of rotatable bonds is 6. The number of fused-ring (bicyclic) bond motifs is 2. The van der Waals surface area contributed by atoms with Crippen LogP contribution in [0.2, 0.25) is 0 Å². The molecule has 8 heteroatoms. The van der Waals surface area contributed by atoms with Crippen LogP contribution in [0.4, 0.5) is 0 Å². The Labute approximate surface area is 188 Å². The highest BCUT2D eigenvalue weighted by molar-refractivity contribution is 5.78. The van der Waals surface area contributed by atoms with Crippen molar-refractivity contribution in [3.8, 4) is 0 Å². The van der Waals surface area contributed by atoms with E-state index >= 15 is 0 Å². The van der Waals surface area contributed by atoms with Crippen LogP contribution in [0.15, 0.2) is 35.0 Å². The number of amides is 1. The first-order chi connectivity index (χ1) is 15.3. The van der Waals surface area contributed by atoms with Gasteiger partial charge in [0.2, 0.25) is 5.91 Å². The molecule has 2 aliphatic rings. The molecule has 2 aliphatic heterocycles. The Bertz CT molecular complexity index is 935. The molecule has 0 saturated carbocycles. The van der Waals surface area contributed by atoms with E-state index in [2.05, 4.69) is 22.4 Å². The van der Waals surface area contributed by atoms with Gasteiger partial charge in [0.05, 0.1) is 23.7 Å². The number of hydrogen-bond donors (Lipinski definition) is 2. The van der Waals surface area contributed by atoms with Gasteiger partial charge in [0.1, 0.15) is 17.5 Å². The average molecular weight is 444 g/mol. The summed E-state index contributed by atoms with van der Waals surface area (Å²) in [6.07, 6.45) is 2.41. The van der Waals surface area contributed by atoms with Gasteiger partial charge in [0.25, 0.3) is 0 Å². The van der Waals surface area contributed by atoms with E-state index in [1.807, 2.05) is 25.1 Å². The van der Waals surface area contributed by atoms with Crippen molar-refractivity contribution in [2.75, 3.05) is 13.7 Å². The first-order valence-corrected chi connectivity index (χ1v) is 11.3. The third-order valence-electron chi connectivity index (χ3n) is 7.40. The van der Waals surface area contributed by atoms with Gasteiger partial charge in [0.15, 0.2) is 0 Å². The van der Waals surface area contributed by atoms with Gasteiger partial charge in [-0.2, -0.15) is 0 Å². The van der Waals surface area contributed by atoms with Crippen LogP contribution in [0.25, 0.3) is 0 Å². The van der Waals surface area contributed by atoms with Gasteiger partial charge < -0.3 is 19.8 Å². The summed E-state index contributed by atoms with van der Waals surface area (Å²) in [4.78, 5) is 14.7. The lowest BCUT2D eigenvalue weighted by Crippen LogP contribution is -2.58. The summed E-state index contributed by atoms with van der Waals surface area (Å²) < 4.78 is 11.3. The van der Waals surface area contributed by atoms with Crippen molar-refractivity contribution in [1.82, 2.24) is 15.2 Å². The van der Waals surface area contributed by atoms with Gasteiger partial charge in [-0.15, -0.1) is 0 Å². The number of benzene rings is 1. The fraction of sp³-hybridized carbons (Fsp3) is 0.625. The maximum absolute atomic E-state index is 13.0. The maximum atomic E-state index is 13.0. The Balaban J connectivity index is 1.60. The molecular weight excluding hydrogens is 410 g/mol. The smallest absolute Gasteiger partial charge is 0.228 e. The SMILES string of the molecule is Cc1nonc1CC(=O)N(C)[C@H]1CC[C@@]2(CCO)C[C@H](c3ccccc3)C[C@](C)(O2)[C@@H]1O. The Morgan fingerprint density at radius 3 is 2.66 bits per heavy atom. The highest BCUT2D eigenvalue weighted by atomic mass is 16.6. The van der Waals surface area contributed by atoms with E-state index < -0.39 is 23.3 Å². The van der Waals surface area contributed by atoms with Crippen LogP contribution in [0.3, 0.4) is 0 Å². The van der Waals surface area contributed by atoms with Crippen LogP contribution < -0.4 is 0 Å². The third-order valence-corrected chi connectivity index (χ3v) is 7.40. The van der Waals surface area contributed by atoms with Crippen LogP contribution in [-0.4, -0.2) is 68.3 Å². The molecule has 8 nitrogen and oxygen atoms in total. The summed E-state index contributed by atoms with van der Waals surface area (Å²) in [5.41, 5.74) is 0.941. The van der Waals surface area contributed by atoms with Crippen LogP contribution in [0.1, 0.15) is 61.9 Å². The van der Waals surface area contributed by atoms with E-state index in [9.17, 15) is 15.0 Å². The lowest BCUT2D eigenvalue weighted by Gasteiger charge is -2.50. The molecule has 2 bridgehead atoms. The lowest BCUT2D eigenvalue weighted by atomic mass is 9.73. The van der Waals surface area contributed by atoms with Gasteiger partial charge in [0, 0.05) is 13.7 Å². The van der Waals surface area contributed by atoms with Crippen molar-refractivity contribution in [3.05, 3.63) is 47.3 Å². The van der Waals surface area contributed by atoms with Crippen LogP contribution in [0, 0.1) is 6.92 Å². The highest BCUT2D eigenvalue weighted by Gasteiger charge is 2.55. The number of aryl methyl sites for hydroxylation is 1. The normalized spacial score (nSPS) is 32.3. The molecule has 4 rings (SSSR count). The third kappa shape index (κ3) is 4.31. The molecule has 2 saturated heterocycles. The summed E-state index contributed by atoms with van der Waals surface area (Å²) in [7, 11) is 1.73. The topological polar surface area (TPSA) is 109 Å². The number of aliphatic hydroxyl groups is 2. The van der Waals surface area contributed by atoms with Gasteiger partial charge in [-0.3, -0.25) is 4.79 Å². The second-order valence-corrected chi connectivity index (χ2v) is 9.62. The van der Waals surface area contributed by atoms with Crippen LogP contribution in [0.5, 0.6) is 0 Å². The first kappa shape index (κ1) is 22.9. The predicted molar refractivity (Wildman–Crippen MR) is 117 cm³/mol. The molecule has 0 unspecified atom stereocenters. The number of likely N-dealkylation sites (N-methyl/N-ethyl adjacent to an activating group) is 1. The van der Waals surface area contributed by atoms with Crippen molar-refractivity contribution in [3.63, 3.8) is 0 Å². The van der Waals surface area contributed by atoms with E-state index in [1.165, 1.54) is 5.56 Å². The van der Waals surface area contributed by atoms with Crippen LogP contribution in [-0.2, 0) is 16.0 Å². The van der Waals surface area contributed by atoms with Gasteiger partial charge in [-0.05, 0) is 57.4 Å². The van der Waals surface area contributed by atoms with Crippen molar-refractivity contribution in [1.29, 1.82) is 0 Å². The molecule has 1 aromatic carbocycles. The zero-order valence-electron chi connectivity index (χ0n) is 19.0. The lowest BCUT2D eigenvalue weighted by molar-refractivity contribution is -0.226. The number of carbonyl (C=O) groups is 1. The van der Waals surface area contributed by atoms with E-state index in [4.69, 9.17) is 9.37 Å². The monoisotopic (exact) mass is 443 g/mol. The molecule has 0 spiro atoms. The number of aromatic nitrogens is 2. The van der Waals surface area contributed by atoms with E-state index in [0.29, 0.717) is 37.1 Å². The minimum Gasteiger partial charge on any atom is -0.396 e. The van der Waals surface area contributed by atoms with Crippen molar-refractivity contribution in [2.24, 2.45) is 0 Å². The van der Waals surface area contributed by atoms with Gasteiger partial charge in [-0.1, -0.05) is 40.6 Å². The molecule has 2 fully saturated rings. The Morgan fingerprint density at radius 2 is 2.00 bits per heavy atom. The van der Waals surface area contributed by atoms with E-state index in [1.54, 1.807) is 18.9 Å². The van der Waals surface area contributed by atoms with Gasteiger partial charge >= 0.3 is 0 Å². The highest BCUT2D eigenvalue weighted by Crippen LogP contribution is 2.51. The molecule has 5 atom stereocenters. The minimum atomic E-state index is -0.861. The number of carbonyl (C=O) groups excluding carboxylic acids is 1. The molecule has 0 aliphatic carbocycles. The number of aliphatic hydroxyl groups excluding tert-OH is 2. The van der Waals surface area contributed by atoms with Gasteiger partial charge in [-0.25, -0.2) is 4.63 Å². The molecule has 1 aromatic heterocycles. The summed E-state index contributed by atoms with van der Waals surface area (Å²) in [5, 5.41) is 28.9. The summed E-state index contributed by atoms with van der Waals surface area (Å²) in [6, 6.07) is 9.89. The number of hydrogen-bond acceptors (Lipinski definition) is 7. The van der Waals surface area contributed by atoms with Crippen molar-refractivity contribution in [2.45, 2.75) is 81.6 Å². The summed E-state index contributed by atoms with van der Waals surface area (Å²) in [5.74, 6) is 0.0588. The second kappa shape index (κ2) is 8.92. The molecular formula is C24H33N3O5. The standard InChI is InChI=1S/C24H33N3O5/c1-16-19(26-32-25-16)13-21(29)27(3)20-9-10-24(11-12-28)15-18(17-7-5-4-6-8-17)14-23(2,31-24)22(20)30/h4-8,18,20,22,28,30H,9-15H2,1-3H3/t18-,20+,22-,23+,24-/m1/s1. The molecule has 2 aromatic rings. The predicted octanol–water partition coefficient (Wildman–Crippen LogP) is 2.38. The molecule has 3 heterocycles. The molecule has 174 valence electrons. The summed E-state index contributed by atoms with van der Waals surface area (Å²) in [6.45, 7) is 3.72. The van der Waals surface area contributed by atoms with Crippen molar-refractivity contribution < 1.29 is 24.4 Å². The molecule has 1 amide bonds. The largest absolute Gasteiger partial charge is 0.396 e. The Hall–Kier alpha value is -2.29. The average Bonchev–Trinajstić information content (AvgIpc) is 3.15. The number of nitrogens with zero attached hydrogens (tertiary/aromatic N) is 3. The Kier molecular flexibility index (Phi) is 6.38. The van der Waals surface area contributed by atoms with Crippen molar-refractivity contribution >= 4 is 5.91 Å². The van der Waals surface area contributed by atoms with E-state index in [0.717, 1.165) is 6.42 Å². The van der Waals surface area contributed by atoms with E-state index in [-0.39, 0.29) is 24.9 Å². The molecule has 2 N–H and O–H groups in total. The first-order valence-electron chi connectivity index (χ1n) is 11.3. The number of ether oxygens (including phenoxy) is 1. The fourth-order valence-electron chi connectivity index (χ4n) is 5.61. The quantitative estimate of drug-likeness (QED) is 0.705. The zero-order valence-corrected chi connectivity index (χ0v) is 19.0. The fourth-order valence-corrected chi connectivity index (χ4v) is 5.61. The zero-order chi connectivity index (χ0) is 22.9. The molecule has 32 heavy (non-hydrogen) atoms. The second-order valence-electron chi connectivity index (χ2n) is 9.62. The minimum absolute atomic E-state index is 0.0194. The maximum Gasteiger partial charge on any atom is 0.228 e. The summed E-state index contributed by atoms with van der Waals surface area (Å²) >= 11 is 0.